The Balaban J connectivity index is 0.652. The Morgan fingerprint density at radius 3 is 2.52 bits per heavy atom. The third kappa shape index (κ3) is 9.90. The molecule has 3 saturated heterocycles. The molecule has 4 aromatic rings. The standard InChI is InChI=1S/C46H52ClFN8O9/c1-61-37-25-35-32(43(50-28-49-35)51-30-3-4-34(48)33(47)22-30)24-38(37)63-18-2-10-53-13-15-54(16-14-53)17-20-62-19-7-42(58)55-11-8-46(9-12-55)27-64-39-23-31-29(21-40(39)65-46)26-56(45(31)60)36-5-6-41(57)52-44(36)59/h3-4,21-25,28,36H,2,5-20,26-27H2,1H3,(H,49,50,51)(H,52,57,59). The van der Waals surface area contributed by atoms with Crippen molar-refractivity contribution in [1.82, 2.24) is 34.9 Å². The van der Waals surface area contributed by atoms with Crippen LogP contribution in [0.25, 0.3) is 10.9 Å². The number of likely N-dealkylation sites (tertiary alicyclic amines) is 1. The van der Waals surface area contributed by atoms with Crippen LogP contribution in [0.2, 0.25) is 5.02 Å². The van der Waals surface area contributed by atoms with Gasteiger partial charge in [-0.3, -0.25) is 29.4 Å². The summed E-state index contributed by atoms with van der Waals surface area (Å²) in [6.45, 7) is 8.53. The van der Waals surface area contributed by atoms with Gasteiger partial charge in [0.15, 0.2) is 23.0 Å². The number of benzene rings is 3. The molecule has 344 valence electrons. The number of aromatic nitrogens is 2. The number of fused-ring (bicyclic) bond motifs is 3. The number of nitrogens with one attached hydrogen (secondary N) is 2. The highest BCUT2D eigenvalue weighted by atomic mass is 35.5. The molecule has 3 aromatic carbocycles. The molecule has 1 spiro atoms. The van der Waals surface area contributed by atoms with Crippen LogP contribution >= 0.6 is 11.6 Å². The average Bonchev–Trinajstić information content (AvgIpc) is 3.62. The monoisotopic (exact) mass is 914 g/mol. The minimum atomic E-state index is -0.692. The number of halogens is 2. The molecule has 2 N–H and O–H groups in total. The quantitative estimate of drug-likeness (QED) is 0.125. The molecular weight excluding hydrogens is 863 g/mol. The van der Waals surface area contributed by atoms with Crippen LogP contribution in [0.5, 0.6) is 23.0 Å². The Labute approximate surface area is 380 Å². The highest BCUT2D eigenvalue weighted by molar-refractivity contribution is 6.31. The Kier molecular flexibility index (Phi) is 13.2. The van der Waals surface area contributed by atoms with Gasteiger partial charge in [0.05, 0.1) is 43.9 Å². The van der Waals surface area contributed by atoms with E-state index in [-0.39, 0.29) is 35.7 Å². The molecule has 0 radical (unpaired) electrons. The number of amides is 4. The lowest BCUT2D eigenvalue weighted by atomic mass is 9.90. The molecule has 6 heterocycles. The molecule has 19 heteroatoms. The van der Waals surface area contributed by atoms with Gasteiger partial charge in [-0.25, -0.2) is 14.4 Å². The van der Waals surface area contributed by atoms with Crippen LogP contribution in [-0.2, 0) is 25.7 Å². The van der Waals surface area contributed by atoms with Crippen LogP contribution in [0.4, 0.5) is 15.9 Å². The lowest BCUT2D eigenvalue weighted by Crippen LogP contribution is -2.54. The molecular formula is C46H52ClFN8O9. The predicted octanol–water partition coefficient (Wildman–Crippen LogP) is 4.56. The van der Waals surface area contributed by atoms with Crippen LogP contribution in [0.1, 0.15) is 54.4 Å². The summed E-state index contributed by atoms with van der Waals surface area (Å²) in [7, 11) is 1.59. The maximum Gasteiger partial charge on any atom is 0.255 e. The molecule has 1 atom stereocenters. The van der Waals surface area contributed by atoms with Gasteiger partial charge in [-0.05, 0) is 54.8 Å². The lowest BCUT2D eigenvalue weighted by Gasteiger charge is -2.44. The van der Waals surface area contributed by atoms with Crippen molar-refractivity contribution in [3.05, 3.63) is 70.8 Å². The third-order valence-corrected chi connectivity index (χ3v) is 13.2. The number of imide groups is 1. The molecule has 3 fully saturated rings. The summed E-state index contributed by atoms with van der Waals surface area (Å²) in [6.07, 6.45) is 4.31. The van der Waals surface area contributed by atoms with Gasteiger partial charge in [-0.1, -0.05) is 11.6 Å². The van der Waals surface area contributed by atoms with Crippen LogP contribution in [-0.4, -0.2) is 151 Å². The van der Waals surface area contributed by atoms with Crippen LogP contribution < -0.4 is 29.6 Å². The van der Waals surface area contributed by atoms with E-state index < -0.39 is 23.4 Å². The fraction of sp³-hybridized carbons (Fsp3) is 0.478. The molecule has 5 aliphatic rings. The molecule has 0 bridgehead atoms. The molecule has 1 aromatic heterocycles. The molecule has 65 heavy (non-hydrogen) atoms. The maximum atomic E-state index is 13.7. The molecule has 4 amide bonds. The Bertz CT molecular complexity index is 2460. The second kappa shape index (κ2) is 19.3. The summed E-state index contributed by atoms with van der Waals surface area (Å²) in [5.74, 6) is 1.26. The second-order valence-corrected chi connectivity index (χ2v) is 17.5. The van der Waals surface area contributed by atoms with E-state index in [0.717, 1.165) is 56.6 Å². The number of anilines is 2. The Morgan fingerprint density at radius 2 is 1.75 bits per heavy atom. The second-order valence-electron chi connectivity index (χ2n) is 17.1. The van der Waals surface area contributed by atoms with Crippen molar-refractivity contribution in [3.63, 3.8) is 0 Å². The van der Waals surface area contributed by atoms with Crippen molar-refractivity contribution in [2.45, 2.75) is 56.7 Å². The summed E-state index contributed by atoms with van der Waals surface area (Å²) in [4.78, 5) is 67.5. The van der Waals surface area contributed by atoms with E-state index in [2.05, 4.69) is 30.4 Å². The van der Waals surface area contributed by atoms with Crippen molar-refractivity contribution in [3.8, 4) is 23.0 Å². The van der Waals surface area contributed by atoms with Gasteiger partial charge in [0.25, 0.3) is 5.91 Å². The number of nitrogens with zero attached hydrogens (tertiary/aromatic N) is 6. The zero-order valence-electron chi connectivity index (χ0n) is 36.2. The largest absolute Gasteiger partial charge is 0.493 e. The van der Waals surface area contributed by atoms with Gasteiger partial charge in [-0.2, -0.15) is 0 Å². The number of methoxy groups -OCH3 is 1. The van der Waals surface area contributed by atoms with E-state index >= 15 is 0 Å². The van der Waals surface area contributed by atoms with Crippen molar-refractivity contribution in [2.75, 3.05) is 91.2 Å². The number of piperazine rings is 1. The van der Waals surface area contributed by atoms with E-state index in [4.69, 9.17) is 35.3 Å². The molecule has 0 saturated carbocycles. The van der Waals surface area contributed by atoms with Crippen LogP contribution in [0.15, 0.2) is 48.8 Å². The fourth-order valence-corrected chi connectivity index (χ4v) is 9.30. The van der Waals surface area contributed by atoms with Gasteiger partial charge in [0.1, 0.15) is 36.2 Å². The van der Waals surface area contributed by atoms with E-state index in [9.17, 15) is 23.6 Å². The first-order valence-electron chi connectivity index (χ1n) is 22.2. The molecule has 9 rings (SSSR count). The number of hydrogen-bond donors (Lipinski definition) is 2. The third-order valence-electron chi connectivity index (χ3n) is 12.9. The summed E-state index contributed by atoms with van der Waals surface area (Å²) in [5.41, 5.74) is 1.92. The highest BCUT2D eigenvalue weighted by Crippen LogP contribution is 2.44. The first-order chi connectivity index (χ1) is 31.5. The van der Waals surface area contributed by atoms with Crippen LogP contribution in [0.3, 0.4) is 0 Å². The summed E-state index contributed by atoms with van der Waals surface area (Å²) in [5, 5.41) is 6.27. The maximum absolute atomic E-state index is 13.7. The summed E-state index contributed by atoms with van der Waals surface area (Å²) < 4.78 is 44.1. The van der Waals surface area contributed by atoms with Crippen molar-refractivity contribution in [1.29, 1.82) is 0 Å². The van der Waals surface area contributed by atoms with Crippen molar-refractivity contribution < 1.29 is 47.3 Å². The van der Waals surface area contributed by atoms with Gasteiger partial charge in [0.2, 0.25) is 17.7 Å². The van der Waals surface area contributed by atoms with E-state index in [0.29, 0.717) is 111 Å². The van der Waals surface area contributed by atoms with Gasteiger partial charge >= 0.3 is 0 Å². The topological polar surface area (TPSA) is 177 Å². The Hall–Kier alpha value is -5.82. The number of carbonyl (C=O) groups excluding carboxylic acids is 4. The normalized spacial score (nSPS) is 19.7. The zero-order valence-corrected chi connectivity index (χ0v) is 37.0. The van der Waals surface area contributed by atoms with Gasteiger partial charge < -0.3 is 43.7 Å². The molecule has 17 nitrogen and oxygen atoms in total. The van der Waals surface area contributed by atoms with Crippen molar-refractivity contribution in [2.24, 2.45) is 0 Å². The first-order valence-corrected chi connectivity index (χ1v) is 22.5. The number of carbonyl (C=O) groups is 4. The number of hydrogen-bond acceptors (Lipinski definition) is 14. The number of rotatable bonds is 15. The first kappa shape index (κ1) is 44.4. The van der Waals surface area contributed by atoms with Gasteiger partial charge in [0, 0.05) is 101 Å². The van der Waals surface area contributed by atoms with E-state index in [1.165, 1.54) is 23.4 Å². The van der Waals surface area contributed by atoms with E-state index in [1.54, 1.807) is 19.2 Å². The smallest absolute Gasteiger partial charge is 0.255 e. The Morgan fingerprint density at radius 1 is 0.954 bits per heavy atom. The fourth-order valence-electron chi connectivity index (χ4n) is 9.11. The lowest BCUT2D eigenvalue weighted by molar-refractivity contribution is -0.138. The van der Waals surface area contributed by atoms with Gasteiger partial charge in [-0.15, -0.1) is 0 Å². The SMILES string of the molecule is COc1cc2ncnc(Nc3ccc(F)c(Cl)c3)c2cc1OCCCN1CCN(CCOCCC(=O)N2CCC3(CC2)COc2cc4c(cc2O3)CN(C2CCC(=O)NC2=O)C4=O)CC1. The summed E-state index contributed by atoms with van der Waals surface area (Å²) in [6, 6.07) is 10.9. The van der Waals surface area contributed by atoms with E-state index in [1.807, 2.05) is 23.1 Å². The average molecular weight is 915 g/mol. The predicted molar refractivity (Wildman–Crippen MR) is 236 cm³/mol. The molecule has 5 aliphatic heterocycles. The minimum absolute atomic E-state index is 0.0113. The van der Waals surface area contributed by atoms with Crippen LogP contribution in [0, 0.1) is 5.82 Å². The number of piperidine rings is 2. The molecule has 0 aliphatic carbocycles. The molecule has 1 unspecified atom stereocenters. The summed E-state index contributed by atoms with van der Waals surface area (Å²) >= 11 is 5.98. The minimum Gasteiger partial charge on any atom is -0.493 e. The number of ether oxygens (including phenoxy) is 5. The zero-order chi connectivity index (χ0) is 45.1. The van der Waals surface area contributed by atoms with Crippen molar-refractivity contribution >= 4 is 57.6 Å². The highest BCUT2D eigenvalue weighted by Gasteiger charge is 2.44.